The third-order valence-corrected chi connectivity index (χ3v) is 14.8. The quantitative estimate of drug-likeness (QED) is 0.221. The van der Waals surface area contributed by atoms with E-state index in [1.807, 2.05) is 0 Å². The van der Waals surface area contributed by atoms with E-state index >= 15 is 0 Å². The Morgan fingerprint density at radius 3 is 2.14 bits per heavy atom. The molecule has 10 atom stereocenters. The lowest BCUT2D eigenvalue weighted by Crippen LogP contribution is -2.67. The summed E-state index contributed by atoms with van der Waals surface area (Å²) in [5, 5.41) is 0. The molecule has 6 rings (SSSR count). The van der Waals surface area contributed by atoms with Crippen LogP contribution in [0.4, 0.5) is 0 Å². The van der Waals surface area contributed by atoms with E-state index < -0.39 is 0 Å². The smallest absolute Gasteiger partial charge is 0.302 e. The molecule has 0 aromatic carbocycles. The van der Waals surface area contributed by atoms with E-state index in [2.05, 4.69) is 47.6 Å². The van der Waals surface area contributed by atoms with Gasteiger partial charge in [-0.3, -0.25) is 4.79 Å². The number of carbonyl (C=O) groups is 1. The molecular formula is C33H51NO3. The minimum atomic E-state index is -0.142. The van der Waals surface area contributed by atoms with E-state index in [4.69, 9.17) is 9.73 Å². The van der Waals surface area contributed by atoms with Gasteiger partial charge in [0.25, 0.3) is 0 Å². The van der Waals surface area contributed by atoms with Crippen LogP contribution in [0, 0.1) is 56.7 Å². The molecule has 6 aliphatic carbocycles. The molecule has 4 nitrogen and oxygen atoms in total. The first kappa shape index (κ1) is 26.1. The van der Waals surface area contributed by atoms with Gasteiger partial charge in [0.15, 0.2) is 0 Å². The highest BCUT2D eigenvalue weighted by Crippen LogP contribution is 2.78. The van der Waals surface area contributed by atoms with Crippen molar-refractivity contribution in [1.82, 2.24) is 0 Å². The number of ether oxygens (including phenoxy) is 1. The molecular weight excluding hydrogens is 458 g/mol. The predicted octanol–water partition coefficient (Wildman–Crippen LogP) is 7.89. The Balaban J connectivity index is 1.36. The second-order valence-electron chi connectivity index (χ2n) is 16.3. The maximum atomic E-state index is 11.9. The SMILES string of the molecule is CC(=O)O[C@H]1CC[C@]2(C)[C@H]3CC[C@@H]4[C@H]5[C@H](C6(C)CC6)CC[C@]5(N=C=O)CC[C@@]4(C)[C@]3(C)CC[C@H]2C1(C)C. The Bertz CT molecular complexity index is 1020. The molecule has 0 aromatic rings. The zero-order valence-electron chi connectivity index (χ0n) is 24.6. The van der Waals surface area contributed by atoms with Crippen LogP contribution in [0.3, 0.4) is 0 Å². The molecule has 0 aliphatic heterocycles. The fourth-order valence-electron chi connectivity index (χ4n) is 12.6. The van der Waals surface area contributed by atoms with Crippen molar-refractivity contribution < 1.29 is 14.3 Å². The fraction of sp³-hybridized carbons (Fsp3) is 0.939. The van der Waals surface area contributed by atoms with Crippen molar-refractivity contribution in [3.8, 4) is 0 Å². The number of hydrogen-bond donors (Lipinski definition) is 0. The molecule has 37 heavy (non-hydrogen) atoms. The Kier molecular flexibility index (Phi) is 5.61. The average molecular weight is 510 g/mol. The van der Waals surface area contributed by atoms with Gasteiger partial charge in [0.2, 0.25) is 6.08 Å². The largest absolute Gasteiger partial charge is 0.462 e. The zero-order valence-corrected chi connectivity index (χ0v) is 24.6. The summed E-state index contributed by atoms with van der Waals surface area (Å²) in [7, 11) is 0. The Morgan fingerprint density at radius 2 is 1.49 bits per heavy atom. The maximum absolute atomic E-state index is 11.9. The van der Waals surface area contributed by atoms with Crippen LogP contribution in [0.25, 0.3) is 0 Å². The van der Waals surface area contributed by atoms with Gasteiger partial charge in [0, 0.05) is 12.3 Å². The zero-order chi connectivity index (χ0) is 26.6. The first-order chi connectivity index (χ1) is 17.3. The van der Waals surface area contributed by atoms with Crippen LogP contribution in [0.1, 0.15) is 126 Å². The lowest BCUT2D eigenvalue weighted by molar-refractivity contribution is -0.246. The van der Waals surface area contributed by atoms with E-state index in [0.29, 0.717) is 39.9 Å². The standard InChI is InChI=1S/C33H51NO3/c1-21(36)37-26-12-13-30(5)24(28(26,2)3)11-14-32(7)25(30)9-8-23-27-22(29(4)16-17-29)10-15-33(27,34-20-35)19-18-31(23,32)6/h22-27H,8-19H2,1-7H3/t22-,23-,24+,25-,26+,27-,30+,31-,32-,33+/m1/s1. The Hall–Kier alpha value is -1.15. The van der Waals surface area contributed by atoms with Crippen molar-refractivity contribution in [1.29, 1.82) is 0 Å². The summed E-state index contributed by atoms with van der Waals surface area (Å²) >= 11 is 0. The minimum Gasteiger partial charge on any atom is -0.462 e. The lowest BCUT2D eigenvalue weighted by Gasteiger charge is -2.72. The van der Waals surface area contributed by atoms with Crippen molar-refractivity contribution in [3.63, 3.8) is 0 Å². The molecule has 4 heteroatoms. The highest BCUT2D eigenvalue weighted by Gasteiger charge is 2.72. The van der Waals surface area contributed by atoms with Crippen molar-refractivity contribution >= 4 is 12.0 Å². The van der Waals surface area contributed by atoms with E-state index in [0.717, 1.165) is 25.2 Å². The van der Waals surface area contributed by atoms with Gasteiger partial charge in [-0.05, 0) is 128 Å². The molecule has 0 bridgehead atoms. The Morgan fingerprint density at radius 1 is 0.757 bits per heavy atom. The van der Waals surface area contributed by atoms with Crippen LogP contribution in [-0.4, -0.2) is 23.7 Å². The third-order valence-electron chi connectivity index (χ3n) is 14.8. The molecule has 206 valence electrons. The summed E-state index contributed by atoms with van der Waals surface area (Å²) in [6.45, 7) is 16.8. The van der Waals surface area contributed by atoms with Crippen molar-refractivity contribution in [2.75, 3.05) is 0 Å². The molecule has 6 aliphatic rings. The average Bonchev–Trinajstić information content (AvgIpc) is 3.44. The van der Waals surface area contributed by atoms with Gasteiger partial charge in [-0.2, -0.15) is 4.99 Å². The van der Waals surface area contributed by atoms with Gasteiger partial charge in [0.1, 0.15) is 6.10 Å². The van der Waals surface area contributed by atoms with Crippen LogP contribution in [-0.2, 0) is 14.3 Å². The summed E-state index contributed by atoms with van der Waals surface area (Å²) in [5.41, 5.74) is 1.23. The molecule has 6 fully saturated rings. The topological polar surface area (TPSA) is 55.7 Å². The van der Waals surface area contributed by atoms with Gasteiger partial charge in [-0.25, -0.2) is 4.79 Å². The molecule has 6 saturated carbocycles. The van der Waals surface area contributed by atoms with E-state index in [1.165, 1.54) is 57.8 Å². The monoisotopic (exact) mass is 509 g/mol. The molecule has 0 aromatic heterocycles. The maximum Gasteiger partial charge on any atom is 0.302 e. The van der Waals surface area contributed by atoms with E-state index in [-0.39, 0.29) is 28.4 Å². The van der Waals surface area contributed by atoms with Crippen LogP contribution < -0.4 is 0 Å². The molecule has 0 radical (unpaired) electrons. The van der Waals surface area contributed by atoms with E-state index in [1.54, 1.807) is 6.92 Å². The summed E-state index contributed by atoms with van der Waals surface area (Å²) in [6.07, 6.45) is 16.7. The van der Waals surface area contributed by atoms with Gasteiger partial charge in [-0.15, -0.1) is 0 Å². The van der Waals surface area contributed by atoms with Crippen molar-refractivity contribution in [3.05, 3.63) is 0 Å². The van der Waals surface area contributed by atoms with Crippen LogP contribution >= 0.6 is 0 Å². The number of isocyanates is 1. The fourth-order valence-corrected chi connectivity index (χ4v) is 12.6. The molecule has 0 N–H and O–H groups in total. The third kappa shape index (κ3) is 3.29. The van der Waals surface area contributed by atoms with Gasteiger partial charge in [0.05, 0.1) is 5.54 Å². The summed E-state index contributed by atoms with van der Waals surface area (Å²) in [5.74, 6) is 3.10. The number of aliphatic imine (C=N–C) groups is 1. The minimum absolute atomic E-state index is 0.00919. The molecule has 0 unspecified atom stereocenters. The summed E-state index contributed by atoms with van der Waals surface area (Å²) < 4.78 is 5.92. The second kappa shape index (κ2) is 7.96. The van der Waals surface area contributed by atoms with Gasteiger partial charge in [-0.1, -0.05) is 41.5 Å². The lowest BCUT2D eigenvalue weighted by atomic mass is 9.32. The number of esters is 1. The van der Waals surface area contributed by atoms with Crippen molar-refractivity contribution in [2.45, 2.75) is 137 Å². The first-order valence-corrected chi connectivity index (χ1v) is 15.5. The van der Waals surface area contributed by atoms with Crippen LogP contribution in [0.5, 0.6) is 0 Å². The molecule has 0 heterocycles. The highest BCUT2D eigenvalue weighted by molar-refractivity contribution is 5.66. The predicted molar refractivity (Wildman–Crippen MR) is 145 cm³/mol. The second-order valence-corrected chi connectivity index (χ2v) is 16.3. The number of hydrogen-bond acceptors (Lipinski definition) is 4. The van der Waals surface area contributed by atoms with Gasteiger partial charge < -0.3 is 4.74 Å². The number of nitrogens with zero attached hydrogens (tertiary/aromatic N) is 1. The summed E-state index contributed by atoms with van der Waals surface area (Å²) in [6, 6.07) is 0. The Labute approximate surface area is 225 Å². The molecule has 0 spiro atoms. The first-order valence-electron chi connectivity index (χ1n) is 15.5. The van der Waals surface area contributed by atoms with Gasteiger partial charge >= 0.3 is 5.97 Å². The molecule has 0 amide bonds. The van der Waals surface area contributed by atoms with E-state index in [9.17, 15) is 9.59 Å². The highest BCUT2D eigenvalue weighted by atomic mass is 16.5. The van der Waals surface area contributed by atoms with Crippen molar-refractivity contribution in [2.24, 2.45) is 61.7 Å². The summed E-state index contributed by atoms with van der Waals surface area (Å²) in [4.78, 5) is 28.4. The normalized spacial score (nSPS) is 52.9. The van der Waals surface area contributed by atoms with Crippen LogP contribution in [0.2, 0.25) is 0 Å². The van der Waals surface area contributed by atoms with Crippen LogP contribution in [0.15, 0.2) is 4.99 Å². The number of fused-ring (bicyclic) bond motifs is 7. The number of carbonyl (C=O) groups excluding carboxylic acids is 2. The number of rotatable bonds is 3. The molecule has 0 saturated heterocycles.